The van der Waals surface area contributed by atoms with Gasteiger partial charge in [0.1, 0.15) is 0 Å². The summed E-state index contributed by atoms with van der Waals surface area (Å²) in [6.45, 7) is 0.177. The van der Waals surface area contributed by atoms with Crippen molar-refractivity contribution in [2.75, 3.05) is 25.9 Å². The number of carbonyl (C=O) groups is 1. The zero-order valence-corrected chi connectivity index (χ0v) is 16.2. The van der Waals surface area contributed by atoms with Gasteiger partial charge < -0.3 is 18.9 Å². The third-order valence-electron chi connectivity index (χ3n) is 4.11. The summed E-state index contributed by atoms with van der Waals surface area (Å²) in [6, 6.07) is 10.8. The smallest absolute Gasteiger partial charge is 0.270 e. The number of rotatable bonds is 4. The molecule has 0 aliphatic carbocycles. The maximum Gasteiger partial charge on any atom is 0.270 e. The van der Waals surface area contributed by atoms with Crippen LogP contribution in [0.3, 0.4) is 0 Å². The van der Waals surface area contributed by atoms with Gasteiger partial charge in [-0.1, -0.05) is 30.0 Å². The molecular formula is C19H15NO5S2. The Morgan fingerprint density at radius 2 is 1.85 bits per heavy atom. The molecule has 8 heteroatoms. The molecule has 138 valence electrons. The predicted octanol–water partition coefficient (Wildman–Crippen LogP) is 3.84. The molecule has 1 amide bonds. The van der Waals surface area contributed by atoms with Crippen LogP contribution in [0, 0.1) is 0 Å². The number of ether oxygens (including phenoxy) is 4. The first-order chi connectivity index (χ1) is 13.1. The lowest BCUT2D eigenvalue weighted by molar-refractivity contribution is -0.113. The molecule has 0 N–H and O–H groups in total. The second-order valence-corrected chi connectivity index (χ2v) is 7.34. The van der Waals surface area contributed by atoms with E-state index in [1.807, 2.05) is 12.1 Å². The number of methoxy groups -OCH3 is 2. The maximum absolute atomic E-state index is 12.9. The number of hydrogen-bond donors (Lipinski definition) is 0. The molecule has 0 aromatic heterocycles. The van der Waals surface area contributed by atoms with Crippen molar-refractivity contribution in [2.24, 2.45) is 0 Å². The van der Waals surface area contributed by atoms with Crippen molar-refractivity contribution in [1.82, 2.24) is 0 Å². The fraction of sp³-hybridized carbons (Fsp3) is 0.158. The predicted molar refractivity (Wildman–Crippen MR) is 108 cm³/mol. The van der Waals surface area contributed by atoms with Gasteiger partial charge in [-0.05, 0) is 35.9 Å². The fourth-order valence-electron chi connectivity index (χ4n) is 2.81. The van der Waals surface area contributed by atoms with E-state index in [0.717, 1.165) is 5.56 Å². The molecule has 2 aliphatic heterocycles. The van der Waals surface area contributed by atoms with Crippen LogP contribution in [0.25, 0.3) is 6.08 Å². The summed E-state index contributed by atoms with van der Waals surface area (Å²) in [6.07, 6.45) is 1.79. The van der Waals surface area contributed by atoms with E-state index in [4.69, 9.17) is 31.2 Å². The molecule has 0 saturated carbocycles. The number of thiocarbonyl (C=S) groups is 1. The van der Waals surface area contributed by atoms with Crippen molar-refractivity contribution in [3.63, 3.8) is 0 Å². The molecule has 0 radical (unpaired) electrons. The Bertz CT molecular complexity index is 973. The molecule has 6 nitrogen and oxygen atoms in total. The Balaban J connectivity index is 1.64. The van der Waals surface area contributed by atoms with Gasteiger partial charge in [0.2, 0.25) is 6.79 Å². The van der Waals surface area contributed by atoms with Crippen molar-refractivity contribution < 1.29 is 23.7 Å². The summed E-state index contributed by atoms with van der Waals surface area (Å²) in [5, 5.41) is 0. The molecule has 2 aliphatic rings. The van der Waals surface area contributed by atoms with Crippen LogP contribution in [-0.2, 0) is 4.79 Å². The fourth-order valence-corrected chi connectivity index (χ4v) is 4.11. The van der Waals surface area contributed by atoms with E-state index < -0.39 is 0 Å². The van der Waals surface area contributed by atoms with Crippen LogP contribution in [0.1, 0.15) is 5.56 Å². The third kappa shape index (κ3) is 3.22. The number of carbonyl (C=O) groups excluding carboxylic acids is 1. The molecule has 2 aromatic carbocycles. The zero-order chi connectivity index (χ0) is 19.0. The first-order valence-electron chi connectivity index (χ1n) is 8.00. The number of benzene rings is 2. The van der Waals surface area contributed by atoms with Crippen LogP contribution in [0.4, 0.5) is 5.69 Å². The minimum absolute atomic E-state index is 0.177. The van der Waals surface area contributed by atoms with E-state index in [-0.39, 0.29) is 12.7 Å². The van der Waals surface area contributed by atoms with Crippen LogP contribution < -0.4 is 23.8 Å². The molecule has 2 aromatic rings. The van der Waals surface area contributed by atoms with Gasteiger partial charge in [0.25, 0.3) is 5.91 Å². The minimum atomic E-state index is -0.182. The van der Waals surface area contributed by atoms with Crippen molar-refractivity contribution >= 4 is 46.0 Å². The molecule has 0 atom stereocenters. The molecule has 27 heavy (non-hydrogen) atoms. The van der Waals surface area contributed by atoms with Crippen molar-refractivity contribution in [1.29, 1.82) is 0 Å². The van der Waals surface area contributed by atoms with Crippen molar-refractivity contribution in [2.45, 2.75) is 0 Å². The molecule has 2 heterocycles. The van der Waals surface area contributed by atoms with Crippen molar-refractivity contribution in [3.8, 4) is 23.0 Å². The maximum atomic E-state index is 12.9. The lowest BCUT2D eigenvalue weighted by Crippen LogP contribution is -2.27. The first kappa shape index (κ1) is 17.7. The molecule has 0 bridgehead atoms. The molecule has 1 saturated heterocycles. The van der Waals surface area contributed by atoms with Gasteiger partial charge in [-0.15, -0.1) is 0 Å². The van der Waals surface area contributed by atoms with E-state index in [9.17, 15) is 4.79 Å². The van der Waals surface area contributed by atoms with Crippen molar-refractivity contribution in [3.05, 3.63) is 46.9 Å². The van der Waals surface area contributed by atoms with Gasteiger partial charge >= 0.3 is 0 Å². The van der Waals surface area contributed by atoms with E-state index in [1.54, 1.807) is 44.6 Å². The SMILES string of the molecule is COc1ccc(/C=C2/SC(=S)N(c3ccc4c(c3)OCO4)C2=O)cc1OC. The molecule has 1 fully saturated rings. The Hall–Kier alpha value is -2.71. The highest BCUT2D eigenvalue weighted by molar-refractivity contribution is 8.27. The monoisotopic (exact) mass is 401 g/mol. The lowest BCUT2D eigenvalue weighted by Gasteiger charge is -2.14. The molecular weight excluding hydrogens is 386 g/mol. The summed E-state index contributed by atoms with van der Waals surface area (Å²) in [5.74, 6) is 2.30. The number of hydrogen-bond acceptors (Lipinski definition) is 7. The average molecular weight is 401 g/mol. The van der Waals surface area contributed by atoms with E-state index in [1.165, 1.54) is 16.7 Å². The summed E-state index contributed by atoms with van der Waals surface area (Å²) in [4.78, 5) is 14.9. The topological polar surface area (TPSA) is 57.2 Å². The Morgan fingerprint density at radius 1 is 1.07 bits per heavy atom. The van der Waals surface area contributed by atoms with Gasteiger partial charge in [0, 0.05) is 6.07 Å². The Morgan fingerprint density at radius 3 is 2.63 bits per heavy atom. The number of nitrogens with zero attached hydrogens (tertiary/aromatic N) is 1. The highest BCUT2D eigenvalue weighted by Crippen LogP contribution is 2.41. The average Bonchev–Trinajstić information content (AvgIpc) is 3.25. The van der Waals surface area contributed by atoms with E-state index in [0.29, 0.717) is 37.9 Å². The van der Waals surface area contributed by atoms with Gasteiger partial charge in [-0.3, -0.25) is 9.69 Å². The van der Waals surface area contributed by atoms with Gasteiger partial charge in [0.05, 0.1) is 24.8 Å². The zero-order valence-electron chi connectivity index (χ0n) is 14.6. The number of thioether (sulfide) groups is 1. The quantitative estimate of drug-likeness (QED) is 0.570. The summed E-state index contributed by atoms with van der Waals surface area (Å²) < 4.78 is 21.7. The lowest BCUT2D eigenvalue weighted by atomic mass is 10.2. The van der Waals surface area contributed by atoms with Gasteiger partial charge in [-0.25, -0.2) is 0 Å². The number of anilines is 1. The molecule has 4 rings (SSSR count). The second kappa shape index (κ2) is 7.13. The van der Waals surface area contributed by atoms with Crippen LogP contribution in [-0.4, -0.2) is 31.2 Å². The number of amides is 1. The van der Waals surface area contributed by atoms with Crippen LogP contribution >= 0.6 is 24.0 Å². The summed E-state index contributed by atoms with van der Waals surface area (Å²) in [5.41, 5.74) is 1.47. The second-order valence-electron chi connectivity index (χ2n) is 5.67. The highest BCUT2D eigenvalue weighted by atomic mass is 32.2. The molecule has 0 unspecified atom stereocenters. The normalized spacial score (nSPS) is 17.0. The van der Waals surface area contributed by atoms with Crippen LogP contribution in [0.5, 0.6) is 23.0 Å². The third-order valence-corrected chi connectivity index (χ3v) is 5.42. The summed E-state index contributed by atoms with van der Waals surface area (Å²) >= 11 is 6.67. The Kier molecular flexibility index (Phi) is 4.67. The summed E-state index contributed by atoms with van der Waals surface area (Å²) in [7, 11) is 3.15. The van der Waals surface area contributed by atoms with Gasteiger partial charge in [0.15, 0.2) is 27.3 Å². The first-order valence-corrected chi connectivity index (χ1v) is 9.23. The van der Waals surface area contributed by atoms with Gasteiger partial charge in [-0.2, -0.15) is 0 Å². The highest BCUT2D eigenvalue weighted by Gasteiger charge is 2.34. The standard InChI is InChI=1S/C19H15NO5S2/c1-22-13-5-3-11(7-15(13)23-2)8-17-18(21)20(19(26)27-17)12-4-6-14-16(9-12)25-10-24-14/h3-9H,10H2,1-2H3/b17-8+. The minimum Gasteiger partial charge on any atom is -0.493 e. The van der Waals surface area contributed by atoms with Crippen LogP contribution in [0.2, 0.25) is 0 Å². The van der Waals surface area contributed by atoms with E-state index in [2.05, 4.69) is 0 Å². The Labute approximate surface area is 165 Å². The van der Waals surface area contributed by atoms with Crippen LogP contribution in [0.15, 0.2) is 41.3 Å². The molecule has 0 spiro atoms. The number of fused-ring (bicyclic) bond motifs is 1. The van der Waals surface area contributed by atoms with E-state index >= 15 is 0 Å². The largest absolute Gasteiger partial charge is 0.493 e.